The molecule has 2 N–H and O–H groups in total. The summed E-state index contributed by atoms with van der Waals surface area (Å²) in [5.41, 5.74) is 2.74. The number of anilines is 1. The molecule has 0 saturated heterocycles. The Labute approximate surface area is 168 Å². The highest BCUT2D eigenvalue weighted by Crippen LogP contribution is 2.17. The van der Waals surface area contributed by atoms with Gasteiger partial charge in [0.2, 0.25) is 0 Å². The lowest BCUT2D eigenvalue weighted by atomic mass is 9.99. The third kappa shape index (κ3) is 7.08. The summed E-state index contributed by atoms with van der Waals surface area (Å²) in [6, 6.07) is 17.5. The largest absolute Gasteiger partial charge is 0.389 e. The zero-order valence-corrected chi connectivity index (χ0v) is 17.3. The first-order chi connectivity index (χ1) is 13.4. The second kappa shape index (κ2) is 11.0. The molecule has 152 valence electrons. The van der Waals surface area contributed by atoms with Gasteiger partial charge in [-0.05, 0) is 17.7 Å². The van der Waals surface area contributed by atoms with Crippen LogP contribution >= 0.6 is 0 Å². The Morgan fingerprint density at radius 2 is 1.71 bits per heavy atom. The van der Waals surface area contributed by atoms with Crippen LogP contribution in [-0.2, 0) is 11.2 Å². The Kier molecular flexibility index (Phi) is 8.64. The van der Waals surface area contributed by atoms with Crippen LogP contribution in [-0.4, -0.2) is 56.4 Å². The third-order valence-electron chi connectivity index (χ3n) is 4.48. The molecule has 2 aromatic rings. The molecule has 0 amide bonds. The topological polar surface area (TPSA) is 61.8 Å². The minimum atomic E-state index is -0.662. The molecule has 0 fully saturated rings. The highest BCUT2D eigenvalue weighted by Gasteiger charge is 2.22. The van der Waals surface area contributed by atoms with Crippen molar-refractivity contribution in [1.82, 2.24) is 5.32 Å². The van der Waals surface area contributed by atoms with E-state index < -0.39 is 12.2 Å². The zero-order valence-electron chi connectivity index (χ0n) is 17.3. The minimum Gasteiger partial charge on any atom is -0.389 e. The first-order valence-electron chi connectivity index (χ1n) is 9.75. The number of rotatable bonds is 11. The monoisotopic (exact) mass is 384 g/mol. The van der Waals surface area contributed by atoms with Crippen molar-refractivity contribution in [2.45, 2.75) is 38.5 Å². The summed E-state index contributed by atoms with van der Waals surface area (Å²) in [5, 5.41) is 13.3. The van der Waals surface area contributed by atoms with Gasteiger partial charge in [0.05, 0.1) is 12.7 Å². The van der Waals surface area contributed by atoms with Gasteiger partial charge in [-0.15, -0.1) is 0 Å². The number of hydrogen-bond donors (Lipinski definition) is 2. The number of aliphatic hydroxyl groups is 1. The highest BCUT2D eigenvalue weighted by molar-refractivity contribution is 5.99. The second-order valence-corrected chi connectivity index (χ2v) is 7.53. The molecular weight excluding hydrogens is 352 g/mol. The predicted molar refractivity (Wildman–Crippen MR) is 114 cm³/mol. The van der Waals surface area contributed by atoms with Crippen molar-refractivity contribution in [2.75, 3.05) is 32.1 Å². The van der Waals surface area contributed by atoms with Crippen molar-refractivity contribution in [2.24, 2.45) is 0 Å². The minimum absolute atomic E-state index is 0.0682. The van der Waals surface area contributed by atoms with Crippen molar-refractivity contribution in [3.63, 3.8) is 0 Å². The molecule has 28 heavy (non-hydrogen) atoms. The summed E-state index contributed by atoms with van der Waals surface area (Å²) in [4.78, 5) is 15.0. The standard InChI is InChI=1S/C23H32N2O3/c1-17(2)24-15-21(26)16-28-22(23(27)19-8-6-5-7-9-19)14-18-10-12-20(13-11-18)25(3)4/h5-13,17,21-22,24,26H,14-16H2,1-4H3. The number of carbonyl (C=O) groups excluding carboxylic acids is 1. The molecule has 0 radical (unpaired) electrons. The van der Waals surface area contributed by atoms with E-state index in [2.05, 4.69) is 5.32 Å². The predicted octanol–water partition coefficient (Wildman–Crippen LogP) is 2.92. The maximum Gasteiger partial charge on any atom is 0.191 e. The summed E-state index contributed by atoms with van der Waals surface area (Å²) in [5.74, 6) is -0.0682. The normalized spacial score (nSPS) is 13.4. The molecule has 0 aromatic heterocycles. The van der Waals surface area contributed by atoms with Gasteiger partial charge in [-0.3, -0.25) is 4.79 Å². The lowest BCUT2D eigenvalue weighted by Gasteiger charge is -2.21. The molecule has 0 aliphatic rings. The Balaban J connectivity index is 2.08. The lowest BCUT2D eigenvalue weighted by Crippen LogP contribution is -2.37. The first-order valence-corrected chi connectivity index (χ1v) is 9.75. The van der Waals surface area contributed by atoms with E-state index in [1.54, 1.807) is 12.1 Å². The van der Waals surface area contributed by atoms with E-state index in [4.69, 9.17) is 4.74 Å². The van der Waals surface area contributed by atoms with E-state index in [1.165, 1.54) is 0 Å². The Morgan fingerprint density at radius 3 is 2.29 bits per heavy atom. The van der Waals surface area contributed by atoms with Gasteiger partial charge >= 0.3 is 0 Å². The lowest BCUT2D eigenvalue weighted by molar-refractivity contribution is -0.00216. The van der Waals surface area contributed by atoms with Gasteiger partial charge in [-0.2, -0.15) is 0 Å². The van der Waals surface area contributed by atoms with Crippen molar-refractivity contribution in [3.8, 4) is 0 Å². The van der Waals surface area contributed by atoms with E-state index in [0.29, 0.717) is 18.5 Å². The fourth-order valence-corrected chi connectivity index (χ4v) is 2.82. The number of ketones is 1. The SMILES string of the molecule is CC(C)NCC(O)COC(Cc1ccc(N(C)C)cc1)C(=O)c1ccccc1. The van der Waals surface area contributed by atoms with Crippen LogP contribution < -0.4 is 10.2 Å². The molecular formula is C23H32N2O3. The average molecular weight is 385 g/mol. The molecule has 2 atom stereocenters. The Hall–Kier alpha value is -2.21. The van der Waals surface area contributed by atoms with Crippen molar-refractivity contribution in [1.29, 1.82) is 0 Å². The van der Waals surface area contributed by atoms with Crippen LogP contribution in [0.1, 0.15) is 29.8 Å². The van der Waals surface area contributed by atoms with Crippen LogP contribution in [0.15, 0.2) is 54.6 Å². The van der Waals surface area contributed by atoms with E-state index >= 15 is 0 Å². The number of Topliss-reactive ketones (excluding diaryl/α,β-unsaturated/α-hetero) is 1. The first kappa shape index (κ1) is 22.1. The number of aliphatic hydroxyl groups excluding tert-OH is 1. The van der Waals surface area contributed by atoms with Gasteiger partial charge in [-0.1, -0.05) is 56.3 Å². The van der Waals surface area contributed by atoms with Gasteiger partial charge in [0, 0.05) is 44.4 Å². The van der Waals surface area contributed by atoms with E-state index in [0.717, 1.165) is 11.3 Å². The molecule has 0 aliphatic carbocycles. The molecule has 5 heteroatoms. The second-order valence-electron chi connectivity index (χ2n) is 7.53. The summed E-state index contributed by atoms with van der Waals surface area (Å²) in [6.07, 6.45) is -0.836. The Bertz CT molecular complexity index is 714. The van der Waals surface area contributed by atoms with E-state index in [9.17, 15) is 9.90 Å². The van der Waals surface area contributed by atoms with Crippen LogP contribution in [0.5, 0.6) is 0 Å². The molecule has 2 aromatic carbocycles. The number of nitrogens with one attached hydrogen (secondary N) is 1. The molecule has 2 unspecified atom stereocenters. The fourth-order valence-electron chi connectivity index (χ4n) is 2.82. The van der Waals surface area contributed by atoms with Crippen LogP contribution in [0, 0.1) is 0 Å². The number of ether oxygens (including phenoxy) is 1. The maximum atomic E-state index is 13.0. The smallest absolute Gasteiger partial charge is 0.191 e. The van der Waals surface area contributed by atoms with E-state index in [-0.39, 0.29) is 18.4 Å². The fraction of sp³-hybridized carbons (Fsp3) is 0.435. The van der Waals surface area contributed by atoms with Crippen LogP contribution in [0.2, 0.25) is 0 Å². The summed E-state index contributed by atoms with van der Waals surface area (Å²) >= 11 is 0. The third-order valence-corrected chi connectivity index (χ3v) is 4.48. The van der Waals surface area contributed by atoms with Gasteiger partial charge < -0.3 is 20.1 Å². The molecule has 0 bridgehead atoms. The van der Waals surface area contributed by atoms with Gasteiger partial charge in [0.1, 0.15) is 6.10 Å². The summed E-state index contributed by atoms with van der Waals surface area (Å²) in [7, 11) is 3.98. The van der Waals surface area contributed by atoms with Crippen molar-refractivity contribution >= 4 is 11.5 Å². The molecule has 5 nitrogen and oxygen atoms in total. The van der Waals surface area contributed by atoms with Gasteiger partial charge in [0.25, 0.3) is 0 Å². The highest BCUT2D eigenvalue weighted by atomic mass is 16.5. The van der Waals surface area contributed by atoms with Crippen LogP contribution in [0.25, 0.3) is 0 Å². The molecule has 0 saturated carbocycles. The van der Waals surface area contributed by atoms with Crippen molar-refractivity contribution < 1.29 is 14.6 Å². The summed E-state index contributed by atoms with van der Waals surface area (Å²) < 4.78 is 5.88. The molecule has 2 rings (SSSR count). The summed E-state index contributed by atoms with van der Waals surface area (Å²) in [6.45, 7) is 4.58. The molecule has 0 heterocycles. The zero-order chi connectivity index (χ0) is 20.5. The van der Waals surface area contributed by atoms with Crippen molar-refractivity contribution in [3.05, 3.63) is 65.7 Å². The number of hydrogen-bond acceptors (Lipinski definition) is 5. The van der Waals surface area contributed by atoms with Gasteiger partial charge in [0.15, 0.2) is 5.78 Å². The average Bonchev–Trinajstić information content (AvgIpc) is 2.70. The Morgan fingerprint density at radius 1 is 1.07 bits per heavy atom. The molecule has 0 spiro atoms. The van der Waals surface area contributed by atoms with Crippen LogP contribution in [0.4, 0.5) is 5.69 Å². The molecule has 0 aliphatic heterocycles. The number of nitrogens with zero attached hydrogens (tertiary/aromatic N) is 1. The van der Waals surface area contributed by atoms with E-state index in [1.807, 2.05) is 75.3 Å². The van der Waals surface area contributed by atoms with Gasteiger partial charge in [-0.25, -0.2) is 0 Å². The number of benzene rings is 2. The van der Waals surface area contributed by atoms with Crippen LogP contribution in [0.3, 0.4) is 0 Å². The maximum absolute atomic E-state index is 13.0. The quantitative estimate of drug-likeness (QED) is 0.584. The number of carbonyl (C=O) groups is 1.